The lowest BCUT2D eigenvalue weighted by molar-refractivity contribution is 0.0148. The summed E-state index contributed by atoms with van der Waals surface area (Å²) in [5.74, 6) is 0.871. The lowest BCUT2D eigenvalue weighted by atomic mass is 9.78. The first kappa shape index (κ1) is 20.7. The van der Waals surface area contributed by atoms with E-state index in [0.29, 0.717) is 18.2 Å². The summed E-state index contributed by atoms with van der Waals surface area (Å²) < 4.78 is 23.4. The Labute approximate surface area is 196 Å². The average molecular weight is 461 g/mol. The van der Waals surface area contributed by atoms with E-state index in [-0.39, 0.29) is 11.9 Å². The highest BCUT2D eigenvalue weighted by atomic mass is 19.1. The summed E-state index contributed by atoms with van der Waals surface area (Å²) >= 11 is 0. The molecule has 0 atom stereocenters. The first-order valence-corrected chi connectivity index (χ1v) is 11.6. The van der Waals surface area contributed by atoms with Crippen LogP contribution in [-0.2, 0) is 4.74 Å². The Hall–Kier alpha value is -3.88. The third kappa shape index (κ3) is 3.76. The zero-order valence-corrected chi connectivity index (χ0v) is 18.6. The quantitative estimate of drug-likeness (QED) is 0.469. The molecule has 6 rings (SSSR count). The summed E-state index contributed by atoms with van der Waals surface area (Å²) in [6.45, 7) is 1.35. The first-order valence-electron chi connectivity index (χ1n) is 11.6. The van der Waals surface area contributed by atoms with E-state index in [4.69, 9.17) is 4.74 Å². The smallest absolute Gasteiger partial charge is 0.415 e. The Morgan fingerprint density at radius 2 is 1.97 bits per heavy atom. The zero-order chi connectivity index (χ0) is 23.1. The minimum atomic E-state index is -0.427. The number of ether oxygens (including phenoxy) is 1. The topological polar surface area (TPSA) is 76.7 Å². The molecular weight excluding hydrogens is 435 g/mol. The molecule has 1 aromatic carbocycles. The molecule has 4 aromatic rings. The molecule has 1 amide bonds. The molecule has 2 aliphatic rings. The number of pyridine rings is 1. The second-order valence-electron chi connectivity index (χ2n) is 9.14. The molecule has 0 unspecified atom stereocenters. The molecule has 1 spiro atoms. The number of nitrogens with one attached hydrogen (secondary N) is 1. The predicted octanol–water partition coefficient (Wildman–Crippen LogP) is 4.66. The van der Waals surface area contributed by atoms with Gasteiger partial charge in [-0.2, -0.15) is 5.10 Å². The maximum absolute atomic E-state index is 14.0. The van der Waals surface area contributed by atoms with Crippen molar-refractivity contribution >= 4 is 23.2 Å². The molecule has 9 heteroatoms. The van der Waals surface area contributed by atoms with E-state index in [9.17, 15) is 9.18 Å². The standard InChI is InChI=1S/C25H25FN6O2/c26-20-3-1-2-4-21(20)32-13-9-22(29-32)28-15-18-7-10-25(11-8-18)17-31(24(33)34-25)19-5-6-23-27-12-14-30(23)16-19/h1-6,9,12-14,16,18H,7-8,10-11,15,17H2,(H,28,29)/t18-,25-. The van der Waals surface area contributed by atoms with E-state index in [1.165, 1.54) is 6.07 Å². The van der Waals surface area contributed by atoms with Gasteiger partial charge in [0.1, 0.15) is 28.6 Å². The van der Waals surface area contributed by atoms with E-state index in [0.717, 1.165) is 49.4 Å². The number of nitrogens with zero attached hydrogens (tertiary/aromatic N) is 5. The SMILES string of the molecule is O=C1O[C@]2(CC[C@H](CNc3ccn(-c4ccccc4F)n3)CC2)CN1c1ccc2nccn2c1. The van der Waals surface area contributed by atoms with Crippen molar-refractivity contribution in [2.75, 3.05) is 23.3 Å². The van der Waals surface area contributed by atoms with Gasteiger partial charge >= 0.3 is 6.09 Å². The van der Waals surface area contributed by atoms with Gasteiger partial charge in [-0.25, -0.2) is 18.9 Å². The van der Waals surface area contributed by atoms with Gasteiger partial charge in [-0.1, -0.05) is 12.1 Å². The van der Waals surface area contributed by atoms with Crippen LogP contribution >= 0.6 is 0 Å². The number of imidazole rings is 1. The van der Waals surface area contributed by atoms with Gasteiger partial charge in [0.2, 0.25) is 0 Å². The Kier molecular flexibility index (Phi) is 4.97. The lowest BCUT2D eigenvalue weighted by Gasteiger charge is -2.35. The molecule has 2 fully saturated rings. The van der Waals surface area contributed by atoms with Crippen molar-refractivity contribution in [1.82, 2.24) is 19.2 Å². The molecule has 0 bridgehead atoms. The molecule has 4 heterocycles. The number of aromatic nitrogens is 4. The second kappa shape index (κ2) is 8.16. The molecule has 1 saturated carbocycles. The van der Waals surface area contributed by atoms with Crippen molar-refractivity contribution in [2.24, 2.45) is 5.92 Å². The molecule has 1 saturated heterocycles. The van der Waals surface area contributed by atoms with Gasteiger partial charge in [-0.05, 0) is 55.9 Å². The van der Waals surface area contributed by atoms with Gasteiger partial charge in [-0.15, -0.1) is 0 Å². The highest BCUT2D eigenvalue weighted by Gasteiger charge is 2.47. The van der Waals surface area contributed by atoms with Crippen molar-refractivity contribution in [2.45, 2.75) is 31.3 Å². The van der Waals surface area contributed by atoms with E-state index in [2.05, 4.69) is 15.4 Å². The third-order valence-electron chi connectivity index (χ3n) is 6.93. The van der Waals surface area contributed by atoms with Crippen LogP contribution in [0.5, 0.6) is 0 Å². The molecular formula is C25H25FN6O2. The number of hydrogen-bond donors (Lipinski definition) is 1. The van der Waals surface area contributed by atoms with Crippen molar-refractivity contribution in [1.29, 1.82) is 0 Å². The van der Waals surface area contributed by atoms with E-state index in [1.54, 1.807) is 40.2 Å². The zero-order valence-electron chi connectivity index (χ0n) is 18.6. The normalized spacial score (nSPS) is 22.4. The van der Waals surface area contributed by atoms with Crippen LogP contribution in [0.15, 0.2) is 67.3 Å². The molecule has 1 N–H and O–H groups in total. The Morgan fingerprint density at radius 1 is 1.12 bits per heavy atom. The van der Waals surface area contributed by atoms with Gasteiger partial charge < -0.3 is 14.5 Å². The van der Waals surface area contributed by atoms with Crippen LogP contribution in [0.2, 0.25) is 0 Å². The highest BCUT2D eigenvalue weighted by molar-refractivity contribution is 5.90. The molecule has 1 aliphatic heterocycles. The Balaban J connectivity index is 1.05. The van der Waals surface area contributed by atoms with Crippen molar-refractivity contribution < 1.29 is 13.9 Å². The number of hydrogen-bond acceptors (Lipinski definition) is 5. The van der Waals surface area contributed by atoms with Crippen LogP contribution in [0.25, 0.3) is 11.3 Å². The fourth-order valence-corrected chi connectivity index (χ4v) is 5.00. The van der Waals surface area contributed by atoms with Crippen LogP contribution in [0.1, 0.15) is 25.7 Å². The molecule has 0 radical (unpaired) electrons. The molecule has 174 valence electrons. The summed E-state index contributed by atoms with van der Waals surface area (Å²) in [6.07, 6.45) is 10.6. The van der Waals surface area contributed by atoms with Gasteiger partial charge in [-0.3, -0.25) is 4.90 Å². The lowest BCUT2D eigenvalue weighted by Crippen LogP contribution is -2.39. The minimum absolute atomic E-state index is 0.283. The van der Waals surface area contributed by atoms with Crippen LogP contribution in [0.4, 0.5) is 20.7 Å². The number of carbonyl (C=O) groups is 1. The summed E-state index contributed by atoms with van der Waals surface area (Å²) in [4.78, 5) is 18.7. The summed E-state index contributed by atoms with van der Waals surface area (Å²) in [7, 11) is 0. The number of carbonyl (C=O) groups excluding carboxylic acids is 1. The minimum Gasteiger partial charge on any atom is -0.441 e. The molecule has 34 heavy (non-hydrogen) atoms. The summed E-state index contributed by atoms with van der Waals surface area (Å²) in [5, 5.41) is 7.83. The average Bonchev–Trinajstić information content (AvgIpc) is 3.58. The maximum Gasteiger partial charge on any atom is 0.415 e. The number of benzene rings is 1. The van der Waals surface area contributed by atoms with Gasteiger partial charge in [0.15, 0.2) is 0 Å². The largest absolute Gasteiger partial charge is 0.441 e. The monoisotopic (exact) mass is 460 g/mol. The Bertz CT molecular complexity index is 1340. The fourth-order valence-electron chi connectivity index (χ4n) is 5.00. The number of halogens is 1. The number of anilines is 2. The van der Waals surface area contributed by atoms with Crippen LogP contribution < -0.4 is 10.2 Å². The van der Waals surface area contributed by atoms with Crippen LogP contribution in [0, 0.1) is 11.7 Å². The van der Waals surface area contributed by atoms with E-state index < -0.39 is 5.60 Å². The van der Waals surface area contributed by atoms with Crippen LogP contribution in [0.3, 0.4) is 0 Å². The summed E-state index contributed by atoms with van der Waals surface area (Å²) in [6, 6.07) is 12.3. The predicted molar refractivity (Wildman–Crippen MR) is 126 cm³/mol. The number of fused-ring (bicyclic) bond motifs is 1. The van der Waals surface area contributed by atoms with Crippen LogP contribution in [-0.4, -0.2) is 43.9 Å². The van der Waals surface area contributed by atoms with Gasteiger partial charge in [0, 0.05) is 37.4 Å². The third-order valence-corrected chi connectivity index (χ3v) is 6.93. The Morgan fingerprint density at radius 3 is 2.82 bits per heavy atom. The highest BCUT2D eigenvalue weighted by Crippen LogP contribution is 2.40. The fraction of sp³-hybridized carbons (Fsp3) is 0.320. The molecule has 8 nitrogen and oxygen atoms in total. The number of amides is 1. The van der Waals surface area contributed by atoms with E-state index >= 15 is 0 Å². The number of para-hydroxylation sites is 1. The second-order valence-corrected chi connectivity index (χ2v) is 9.14. The van der Waals surface area contributed by atoms with Gasteiger partial charge in [0.05, 0.1) is 12.2 Å². The molecule has 3 aromatic heterocycles. The number of rotatable bonds is 5. The first-order chi connectivity index (χ1) is 16.6. The van der Waals surface area contributed by atoms with Crippen molar-refractivity contribution in [3.05, 3.63) is 73.1 Å². The van der Waals surface area contributed by atoms with Crippen molar-refractivity contribution in [3.8, 4) is 5.69 Å². The van der Waals surface area contributed by atoms with Crippen molar-refractivity contribution in [3.63, 3.8) is 0 Å². The van der Waals surface area contributed by atoms with E-state index in [1.807, 2.05) is 35.0 Å². The maximum atomic E-state index is 14.0. The summed E-state index contributed by atoms with van der Waals surface area (Å²) in [5.41, 5.74) is 1.67. The molecule has 1 aliphatic carbocycles. The van der Waals surface area contributed by atoms with Gasteiger partial charge in [0.25, 0.3) is 0 Å².